The summed E-state index contributed by atoms with van der Waals surface area (Å²) < 4.78 is 5.38. The largest absolute Gasteiger partial charge is 0.465 e. The van der Waals surface area contributed by atoms with Crippen molar-refractivity contribution in [2.24, 2.45) is 23.2 Å². The first-order valence-corrected chi connectivity index (χ1v) is 7.06. The summed E-state index contributed by atoms with van der Waals surface area (Å²) in [6.07, 6.45) is 4.64. The topological polar surface area (TPSA) is 26.3 Å². The van der Waals surface area contributed by atoms with Crippen LogP contribution < -0.4 is 0 Å². The van der Waals surface area contributed by atoms with Crippen LogP contribution in [0, 0.1) is 23.2 Å². The highest BCUT2D eigenvalue weighted by Crippen LogP contribution is 2.57. The van der Waals surface area contributed by atoms with Crippen LogP contribution in [0.2, 0.25) is 0 Å². The SMILES string of the molecule is CC(C)=CC[C@H](C)[C@H]1C[C@]1(C)COC(=O)C(C)C. The third-order valence-corrected chi connectivity index (χ3v) is 4.02. The summed E-state index contributed by atoms with van der Waals surface area (Å²) in [5, 5.41) is 0. The molecule has 1 aliphatic rings. The molecule has 1 saturated carbocycles. The van der Waals surface area contributed by atoms with Crippen LogP contribution in [0.5, 0.6) is 0 Å². The van der Waals surface area contributed by atoms with E-state index in [2.05, 4.69) is 33.8 Å². The summed E-state index contributed by atoms with van der Waals surface area (Å²) in [5.74, 6) is 1.29. The molecule has 1 aliphatic carbocycles. The fourth-order valence-corrected chi connectivity index (χ4v) is 2.49. The minimum Gasteiger partial charge on any atom is -0.465 e. The van der Waals surface area contributed by atoms with E-state index in [1.165, 1.54) is 12.0 Å². The maximum Gasteiger partial charge on any atom is 0.308 e. The van der Waals surface area contributed by atoms with E-state index in [1.54, 1.807) is 0 Å². The maximum atomic E-state index is 11.5. The van der Waals surface area contributed by atoms with Gasteiger partial charge in [0.15, 0.2) is 0 Å². The number of rotatable bonds is 6. The lowest BCUT2D eigenvalue weighted by atomic mass is 9.94. The zero-order chi connectivity index (χ0) is 13.9. The van der Waals surface area contributed by atoms with Gasteiger partial charge in [0, 0.05) is 5.41 Å². The molecule has 0 radical (unpaired) electrons. The molecule has 0 unspecified atom stereocenters. The van der Waals surface area contributed by atoms with Gasteiger partial charge in [-0.3, -0.25) is 4.79 Å². The van der Waals surface area contributed by atoms with Crippen molar-refractivity contribution in [2.75, 3.05) is 6.61 Å². The highest BCUT2D eigenvalue weighted by Gasteiger charge is 2.52. The van der Waals surface area contributed by atoms with E-state index in [4.69, 9.17) is 4.74 Å². The van der Waals surface area contributed by atoms with Gasteiger partial charge in [-0.2, -0.15) is 0 Å². The van der Waals surface area contributed by atoms with Gasteiger partial charge in [-0.25, -0.2) is 0 Å². The number of carbonyl (C=O) groups excluding carboxylic acids is 1. The van der Waals surface area contributed by atoms with Crippen LogP contribution in [-0.2, 0) is 9.53 Å². The van der Waals surface area contributed by atoms with Crippen LogP contribution >= 0.6 is 0 Å². The molecule has 0 saturated heterocycles. The summed E-state index contributed by atoms with van der Waals surface area (Å²) in [7, 11) is 0. The van der Waals surface area contributed by atoms with Crippen LogP contribution in [0.25, 0.3) is 0 Å². The van der Waals surface area contributed by atoms with Gasteiger partial charge in [-0.15, -0.1) is 0 Å². The fraction of sp³-hybridized carbons (Fsp3) is 0.812. The Labute approximate surface area is 112 Å². The summed E-state index contributed by atoms with van der Waals surface area (Å²) in [6, 6.07) is 0. The van der Waals surface area contributed by atoms with Crippen molar-refractivity contribution >= 4 is 5.97 Å². The van der Waals surface area contributed by atoms with Crippen molar-refractivity contribution in [3.8, 4) is 0 Å². The summed E-state index contributed by atoms with van der Waals surface area (Å²) in [6.45, 7) is 13.2. The summed E-state index contributed by atoms with van der Waals surface area (Å²) in [5.41, 5.74) is 1.61. The molecule has 0 spiro atoms. The molecule has 0 aromatic rings. The molecule has 2 nitrogen and oxygen atoms in total. The van der Waals surface area contributed by atoms with Crippen molar-refractivity contribution in [2.45, 2.75) is 54.4 Å². The Balaban J connectivity index is 2.37. The van der Waals surface area contributed by atoms with Gasteiger partial charge in [0.05, 0.1) is 12.5 Å². The lowest BCUT2D eigenvalue weighted by Gasteiger charge is -2.16. The molecule has 0 heterocycles. The van der Waals surface area contributed by atoms with Gasteiger partial charge in [-0.05, 0) is 38.5 Å². The first-order chi connectivity index (χ1) is 8.26. The molecule has 0 aromatic carbocycles. The summed E-state index contributed by atoms with van der Waals surface area (Å²) >= 11 is 0. The molecule has 3 atom stereocenters. The lowest BCUT2D eigenvalue weighted by Crippen LogP contribution is -2.19. The maximum absolute atomic E-state index is 11.5. The van der Waals surface area contributed by atoms with Crippen LogP contribution in [0.15, 0.2) is 11.6 Å². The minimum absolute atomic E-state index is 0.0195. The summed E-state index contributed by atoms with van der Waals surface area (Å²) in [4.78, 5) is 11.5. The van der Waals surface area contributed by atoms with Crippen LogP contribution in [0.3, 0.4) is 0 Å². The average molecular weight is 252 g/mol. The Morgan fingerprint density at radius 2 is 2.00 bits per heavy atom. The monoisotopic (exact) mass is 252 g/mol. The Bertz CT molecular complexity index is 326. The molecule has 0 N–H and O–H groups in total. The molecular formula is C16H28O2. The third-order valence-electron chi connectivity index (χ3n) is 4.02. The minimum atomic E-state index is -0.0705. The number of hydrogen-bond donors (Lipinski definition) is 0. The van der Waals surface area contributed by atoms with E-state index in [-0.39, 0.29) is 17.3 Å². The standard InChI is InChI=1S/C16H28O2/c1-11(2)7-8-13(5)14-9-16(14,6)10-18-15(17)12(3)4/h7,12-14H,8-10H2,1-6H3/t13-,14+,16+/m0/s1. The van der Waals surface area contributed by atoms with Gasteiger partial charge in [0.25, 0.3) is 0 Å². The Morgan fingerprint density at radius 1 is 1.39 bits per heavy atom. The smallest absolute Gasteiger partial charge is 0.308 e. The molecule has 0 amide bonds. The quantitative estimate of drug-likeness (QED) is 0.523. The van der Waals surface area contributed by atoms with Crippen molar-refractivity contribution in [1.82, 2.24) is 0 Å². The second-order valence-corrected chi connectivity index (χ2v) is 6.72. The van der Waals surface area contributed by atoms with E-state index in [0.717, 1.165) is 6.42 Å². The second kappa shape index (κ2) is 5.90. The molecule has 104 valence electrons. The molecule has 0 aliphatic heterocycles. The van der Waals surface area contributed by atoms with Crippen molar-refractivity contribution in [3.63, 3.8) is 0 Å². The van der Waals surface area contributed by atoms with Gasteiger partial charge >= 0.3 is 5.97 Å². The number of esters is 1. The number of ether oxygens (including phenoxy) is 1. The van der Waals surface area contributed by atoms with Gasteiger partial charge in [0.2, 0.25) is 0 Å². The lowest BCUT2D eigenvalue weighted by molar-refractivity contribution is -0.149. The van der Waals surface area contributed by atoms with Gasteiger partial charge < -0.3 is 4.74 Å². The normalized spacial score (nSPS) is 27.8. The van der Waals surface area contributed by atoms with Crippen molar-refractivity contribution in [1.29, 1.82) is 0 Å². The van der Waals surface area contributed by atoms with Crippen LogP contribution in [0.4, 0.5) is 0 Å². The number of allylic oxidation sites excluding steroid dienone is 2. The van der Waals surface area contributed by atoms with Gasteiger partial charge in [0.1, 0.15) is 0 Å². The van der Waals surface area contributed by atoms with E-state index in [9.17, 15) is 4.79 Å². The van der Waals surface area contributed by atoms with E-state index in [0.29, 0.717) is 18.4 Å². The van der Waals surface area contributed by atoms with E-state index in [1.807, 2.05) is 13.8 Å². The van der Waals surface area contributed by atoms with Crippen molar-refractivity contribution < 1.29 is 9.53 Å². The molecule has 1 fully saturated rings. The van der Waals surface area contributed by atoms with E-state index >= 15 is 0 Å². The van der Waals surface area contributed by atoms with E-state index < -0.39 is 0 Å². The average Bonchev–Trinajstić information content (AvgIpc) is 2.95. The first kappa shape index (κ1) is 15.3. The molecule has 0 aromatic heterocycles. The number of carbonyl (C=O) groups is 1. The number of hydrogen-bond acceptors (Lipinski definition) is 2. The van der Waals surface area contributed by atoms with Crippen molar-refractivity contribution in [3.05, 3.63) is 11.6 Å². The highest BCUT2D eigenvalue weighted by molar-refractivity contribution is 5.71. The predicted molar refractivity (Wildman–Crippen MR) is 75.2 cm³/mol. The van der Waals surface area contributed by atoms with Crippen LogP contribution in [-0.4, -0.2) is 12.6 Å². The first-order valence-electron chi connectivity index (χ1n) is 7.06. The molecular weight excluding hydrogens is 224 g/mol. The zero-order valence-corrected chi connectivity index (χ0v) is 12.7. The second-order valence-electron chi connectivity index (χ2n) is 6.72. The highest BCUT2D eigenvalue weighted by atomic mass is 16.5. The van der Waals surface area contributed by atoms with Crippen LogP contribution in [0.1, 0.15) is 54.4 Å². The Hall–Kier alpha value is -0.790. The van der Waals surface area contributed by atoms with Gasteiger partial charge in [-0.1, -0.05) is 39.3 Å². The molecule has 0 bridgehead atoms. The third kappa shape index (κ3) is 4.15. The zero-order valence-electron chi connectivity index (χ0n) is 12.7. The Morgan fingerprint density at radius 3 is 2.50 bits per heavy atom. The molecule has 1 rings (SSSR count). The molecule has 18 heavy (non-hydrogen) atoms. The Kier molecular flexibility index (Phi) is 5.01. The predicted octanol–water partition coefficient (Wildman–Crippen LogP) is 4.20. The molecule has 2 heteroatoms. The fourth-order valence-electron chi connectivity index (χ4n) is 2.49.